The molecule has 1 amide bonds. The van der Waals surface area contributed by atoms with Gasteiger partial charge < -0.3 is 15.0 Å². The summed E-state index contributed by atoms with van der Waals surface area (Å²) in [4.78, 5) is 19.0. The summed E-state index contributed by atoms with van der Waals surface area (Å²) in [5, 5.41) is 3.46. The van der Waals surface area contributed by atoms with Crippen molar-refractivity contribution in [3.05, 3.63) is 71.8 Å². The van der Waals surface area contributed by atoms with E-state index in [1.54, 1.807) is 0 Å². The number of piperazine rings is 2. The predicted octanol–water partition coefficient (Wildman–Crippen LogP) is 4.95. The highest BCUT2D eigenvalue weighted by Crippen LogP contribution is 2.26. The van der Waals surface area contributed by atoms with Gasteiger partial charge in [-0.25, -0.2) is 4.79 Å². The van der Waals surface area contributed by atoms with Gasteiger partial charge in [0.25, 0.3) is 0 Å². The van der Waals surface area contributed by atoms with Crippen molar-refractivity contribution in [3.8, 4) is 0 Å². The van der Waals surface area contributed by atoms with Gasteiger partial charge in [0.15, 0.2) is 0 Å². The smallest absolute Gasteiger partial charge is 0.410 e. The van der Waals surface area contributed by atoms with Crippen LogP contribution in [-0.2, 0) is 4.74 Å². The summed E-state index contributed by atoms with van der Waals surface area (Å²) in [6.45, 7) is 17.9. The molecule has 2 saturated heterocycles. The molecule has 4 rings (SSSR count). The Labute approximate surface area is 212 Å². The first-order valence-electron chi connectivity index (χ1n) is 13.1. The molecule has 2 heterocycles. The Bertz CT molecular complexity index is 885. The Balaban J connectivity index is 0.000000211. The summed E-state index contributed by atoms with van der Waals surface area (Å²) in [6.07, 6.45) is -0.209. The molecule has 0 aliphatic carbocycles. The summed E-state index contributed by atoms with van der Waals surface area (Å²) in [5.74, 6) is 0. The van der Waals surface area contributed by atoms with Crippen molar-refractivity contribution in [1.29, 1.82) is 0 Å². The molecule has 2 atom stereocenters. The maximum atomic E-state index is 12.3. The van der Waals surface area contributed by atoms with Crippen LogP contribution >= 0.6 is 0 Å². The number of ether oxygens (including phenoxy) is 1. The molecule has 2 aliphatic heterocycles. The van der Waals surface area contributed by atoms with Crippen LogP contribution in [0.5, 0.6) is 0 Å². The highest BCUT2D eigenvalue weighted by Gasteiger charge is 2.32. The number of hydrogen-bond acceptors (Lipinski definition) is 5. The molecular weight excluding hydrogens is 436 g/mol. The molecule has 6 heteroatoms. The lowest BCUT2D eigenvalue weighted by atomic mass is 10.0. The first-order valence-corrected chi connectivity index (χ1v) is 13.1. The minimum atomic E-state index is -0.443. The quantitative estimate of drug-likeness (QED) is 0.671. The van der Waals surface area contributed by atoms with Gasteiger partial charge in [-0.1, -0.05) is 74.5 Å². The molecule has 0 spiro atoms. The third-order valence-corrected chi connectivity index (χ3v) is 6.68. The van der Waals surface area contributed by atoms with Crippen LogP contribution in [0.25, 0.3) is 0 Å². The van der Waals surface area contributed by atoms with Crippen LogP contribution in [0, 0.1) is 0 Å². The van der Waals surface area contributed by atoms with E-state index in [4.69, 9.17) is 4.74 Å². The molecule has 6 nitrogen and oxygen atoms in total. The number of rotatable bonds is 4. The summed E-state index contributed by atoms with van der Waals surface area (Å²) >= 11 is 0. The second-order valence-corrected chi connectivity index (χ2v) is 10.2. The second-order valence-electron chi connectivity index (χ2n) is 10.2. The van der Waals surface area contributed by atoms with E-state index >= 15 is 0 Å². The topological polar surface area (TPSA) is 48.1 Å². The molecule has 192 valence electrons. The van der Waals surface area contributed by atoms with Crippen molar-refractivity contribution in [3.63, 3.8) is 0 Å². The minimum absolute atomic E-state index is 0.209. The van der Waals surface area contributed by atoms with Crippen molar-refractivity contribution < 1.29 is 9.53 Å². The van der Waals surface area contributed by atoms with Gasteiger partial charge in [-0.05, 0) is 45.0 Å². The van der Waals surface area contributed by atoms with Crippen LogP contribution < -0.4 is 5.32 Å². The third kappa shape index (κ3) is 8.06. The van der Waals surface area contributed by atoms with Gasteiger partial charge in [-0.2, -0.15) is 0 Å². The first-order chi connectivity index (χ1) is 16.8. The summed E-state index contributed by atoms with van der Waals surface area (Å²) < 4.78 is 5.50. The Hall–Kier alpha value is -2.41. The maximum absolute atomic E-state index is 12.3. The Kier molecular flexibility index (Phi) is 10.1. The number of likely N-dealkylation sites (N-methyl/N-ethyl adjacent to an activating group) is 2. The van der Waals surface area contributed by atoms with Crippen LogP contribution in [0.3, 0.4) is 0 Å². The standard InChI is InChI=1S/C17H26N2O2.C12H18N2/c1-5-18-11-12-19(16(20)21-17(2,3)4)13-15(18)14-9-7-6-8-10-14;1-2-14-9-8-13-10-12(14)11-6-4-3-5-7-11/h6-10,15H,5,11-13H2,1-4H3;3-7,12-13H,2,8-10H2,1H3. The number of carbonyl (C=O) groups is 1. The zero-order chi connectivity index (χ0) is 25.3. The molecule has 2 aliphatic rings. The highest BCUT2D eigenvalue weighted by atomic mass is 16.6. The Morgan fingerprint density at radius 3 is 1.94 bits per heavy atom. The van der Waals surface area contributed by atoms with Crippen LogP contribution in [-0.4, -0.2) is 78.8 Å². The molecule has 2 aromatic rings. The third-order valence-electron chi connectivity index (χ3n) is 6.68. The average Bonchev–Trinajstić information content (AvgIpc) is 2.88. The van der Waals surface area contributed by atoms with E-state index < -0.39 is 5.60 Å². The normalized spacial score (nSPS) is 21.7. The van der Waals surface area contributed by atoms with Crippen LogP contribution in [0.2, 0.25) is 0 Å². The number of benzene rings is 2. The van der Waals surface area contributed by atoms with Gasteiger partial charge in [-0.3, -0.25) is 9.80 Å². The number of nitrogens with one attached hydrogen (secondary N) is 1. The van der Waals surface area contributed by atoms with Crippen molar-refractivity contribution in [2.45, 2.75) is 52.3 Å². The lowest BCUT2D eigenvalue weighted by molar-refractivity contribution is 0.00428. The molecular formula is C29H44N4O2. The zero-order valence-corrected chi connectivity index (χ0v) is 22.2. The van der Waals surface area contributed by atoms with Crippen LogP contribution in [0.4, 0.5) is 4.79 Å². The highest BCUT2D eigenvalue weighted by molar-refractivity contribution is 5.68. The van der Waals surface area contributed by atoms with Crippen molar-refractivity contribution in [2.24, 2.45) is 0 Å². The number of amides is 1. The largest absolute Gasteiger partial charge is 0.444 e. The molecule has 0 saturated carbocycles. The van der Waals surface area contributed by atoms with E-state index in [-0.39, 0.29) is 12.1 Å². The molecule has 1 N–H and O–H groups in total. The lowest BCUT2D eigenvalue weighted by Crippen LogP contribution is -2.51. The molecule has 2 aromatic carbocycles. The van der Waals surface area contributed by atoms with Gasteiger partial charge in [0.2, 0.25) is 0 Å². The van der Waals surface area contributed by atoms with Gasteiger partial charge in [0.1, 0.15) is 5.60 Å². The summed E-state index contributed by atoms with van der Waals surface area (Å²) in [7, 11) is 0. The monoisotopic (exact) mass is 480 g/mol. The van der Waals surface area contributed by atoms with Gasteiger partial charge in [0, 0.05) is 45.3 Å². The molecule has 2 unspecified atom stereocenters. The van der Waals surface area contributed by atoms with Crippen molar-refractivity contribution in [2.75, 3.05) is 52.4 Å². The molecule has 0 bridgehead atoms. The van der Waals surface area contributed by atoms with E-state index in [0.717, 1.165) is 45.8 Å². The Morgan fingerprint density at radius 2 is 1.40 bits per heavy atom. The van der Waals surface area contributed by atoms with Crippen molar-refractivity contribution in [1.82, 2.24) is 20.0 Å². The number of hydrogen-bond donors (Lipinski definition) is 1. The van der Waals surface area contributed by atoms with E-state index in [0.29, 0.717) is 12.6 Å². The molecule has 2 fully saturated rings. The van der Waals surface area contributed by atoms with Crippen LogP contribution in [0.15, 0.2) is 60.7 Å². The SMILES string of the molecule is CCN1CCN(C(=O)OC(C)(C)C)CC1c1ccccc1.CCN1CCNCC1c1ccccc1. The molecule has 0 aromatic heterocycles. The van der Waals surface area contributed by atoms with Gasteiger partial charge in [0.05, 0.1) is 6.04 Å². The van der Waals surface area contributed by atoms with Crippen LogP contribution in [0.1, 0.15) is 57.8 Å². The van der Waals surface area contributed by atoms with E-state index in [2.05, 4.69) is 83.6 Å². The van der Waals surface area contributed by atoms with E-state index in [1.165, 1.54) is 11.1 Å². The second kappa shape index (κ2) is 13.1. The van der Waals surface area contributed by atoms with E-state index in [1.807, 2.05) is 31.7 Å². The minimum Gasteiger partial charge on any atom is -0.444 e. The van der Waals surface area contributed by atoms with Crippen molar-refractivity contribution >= 4 is 6.09 Å². The van der Waals surface area contributed by atoms with Gasteiger partial charge in [-0.15, -0.1) is 0 Å². The fourth-order valence-electron chi connectivity index (χ4n) is 4.81. The average molecular weight is 481 g/mol. The molecule has 35 heavy (non-hydrogen) atoms. The summed E-state index contributed by atoms with van der Waals surface area (Å²) in [5.41, 5.74) is 2.25. The van der Waals surface area contributed by atoms with E-state index in [9.17, 15) is 4.79 Å². The summed E-state index contributed by atoms with van der Waals surface area (Å²) in [6, 6.07) is 22.0. The molecule has 0 radical (unpaired) electrons. The zero-order valence-electron chi connectivity index (χ0n) is 22.2. The van der Waals surface area contributed by atoms with Gasteiger partial charge >= 0.3 is 6.09 Å². The maximum Gasteiger partial charge on any atom is 0.410 e. The fraction of sp³-hybridized carbons (Fsp3) is 0.552. The Morgan fingerprint density at radius 1 is 0.857 bits per heavy atom. The fourth-order valence-corrected chi connectivity index (χ4v) is 4.81. The first kappa shape index (κ1) is 27.2. The number of carbonyl (C=O) groups excluding carboxylic acids is 1. The predicted molar refractivity (Wildman–Crippen MR) is 144 cm³/mol. The lowest BCUT2D eigenvalue weighted by Gasteiger charge is -2.41. The number of nitrogens with zero attached hydrogens (tertiary/aromatic N) is 3.